The molecule has 122 valence electrons. The van der Waals surface area contributed by atoms with Crippen molar-refractivity contribution in [1.29, 1.82) is 0 Å². The lowest BCUT2D eigenvalue weighted by Gasteiger charge is -2.03. The van der Waals surface area contributed by atoms with Crippen LogP contribution in [0.2, 0.25) is 5.02 Å². The zero-order chi connectivity index (χ0) is 17.2. The molecule has 0 aliphatic carbocycles. The Hall–Kier alpha value is -3.32. The van der Waals surface area contributed by atoms with Gasteiger partial charge >= 0.3 is 0 Å². The number of hydrogen-bond donors (Lipinski definition) is 1. The first kappa shape index (κ1) is 15.2. The molecule has 7 nitrogen and oxygen atoms in total. The predicted molar refractivity (Wildman–Crippen MR) is 93.9 cm³/mol. The highest BCUT2D eigenvalue weighted by Gasteiger charge is 2.15. The molecule has 0 spiro atoms. The van der Waals surface area contributed by atoms with Gasteiger partial charge in [0.1, 0.15) is 11.5 Å². The van der Waals surface area contributed by atoms with Gasteiger partial charge in [0.05, 0.1) is 10.5 Å². The van der Waals surface area contributed by atoms with Gasteiger partial charge in [0.25, 0.3) is 11.7 Å². The summed E-state index contributed by atoms with van der Waals surface area (Å²) in [4.78, 5) is 17.9. The number of benzene rings is 2. The summed E-state index contributed by atoms with van der Waals surface area (Å²) in [6.45, 7) is 0. The number of nitrogens with one attached hydrogen (secondary N) is 1. The van der Waals surface area contributed by atoms with Gasteiger partial charge in [-0.2, -0.15) is 0 Å². The number of halogens is 1. The Morgan fingerprint density at radius 1 is 1.00 bits per heavy atom. The van der Waals surface area contributed by atoms with E-state index in [4.69, 9.17) is 11.6 Å². The summed E-state index contributed by atoms with van der Waals surface area (Å²) in [7, 11) is 0. The van der Waals surface area contributed by atoms with Crippen molar-refractivity contribution in [3.63, 3.8) is 0 Å². The highest BCUT2D eigenvalue weighted by molar-refractivity contribution is 6.32. The average molecular weight is 351 g/mol. The molecule has 0 bridgehead atoms. The maximum absolute atomic E-state index is 12.3. The minimum Gasteiger partial charge on any atom is -0.304 e. The van der Waals surface area contributed by atoms with Gasteiger partial charge in [0, 0.05) is 5.39 Å². The van der Waals surface area contributed by atoms with Crippen LogP contribution >= 0.6 is 11.6 Å². The van der Waals surface area contributed by atoms with Crippen molar-refractivity contribution in [3.8, 4) is 5.69 Å². The summed E-state index contributed by atoms with van der Waals surface area (Å²) in [5.41, 5.74) is 1.33. The Bertz CT molecular complexity index is 1080. The van der Waals surface area contributed by atoms with Gasteiger partial charge < -0.3 is 5.32 Å². The molecular formula is C17H11ClN6O. The summed E-state index contributed by atoms with van der Waals surface area (Å²) in [6, 6.07) is 18.3. The van der Waals surface area contributed by atoms with Crippen molar-refractivity contribution in [3.05, 3.63) is 71.5 Å². The second kappa shape index (κ2) is 6.29. The molecule has 8 heteroatoms. The minimum atomic E-state index is -0.499. The molecule has 1 N–H and O–H groups in total. The number of hydrogen-bond acceptors (Lipinski definition) is 5. The molecule has 0 saturated heterocycles. The number of tetrazole rings is 1. The second-order valence-electron chi connectivity index (χ2n) is 5.20. The molecule has 0 atom stereocenters. The van der Waals surface area contributed by atoms with E-state index in [1.807, 2.05) is 30.3 Å². The van der Waals surface area contributed by atoms with Crippen LogP contribution < -0.4 is 5.32 Å². The quantitative estimate of drug-likeness (QED) is 0.613. The van der Waals surface area contributed by atoms with Gasteiger partial charge in [-0.3, -0.25) is 4.79 Å². The summed E-state index contributed by atoms with van der Waals surface area (Å²) >= 11 is 6.09. The zero-order valence-corrected chi connectivity index (χ0v) is 13.6. The van der Waals surface area contributed by atoms with Crippen LogP contribution in [-0.2, 0) is 0 Å². The van der Waals surface area contributed by atoms with E-state index in [0.717, 1.165) is 10.9 Å². The topological polar surface area (TPSA) is 85.6 Å². The van der Waals surface area contributed by atoms with E-state index < -0.39 is 5.91 Å². The number of carbonyl (C=O) groups is 1. The van der Waals surface area contributed by atoms with Crippen molar-refractivity contribution >= 4 is 34.2 Å². The smallest absolute Gasteiger partial charge is 0.298 e. The van der Waals surface area contributed by atoms with Crippen LogP contribution in [0, 0.1) is 0 Å². The first-order valence-electron chi connectivity index (χ1n) is 7.43. The summed E-state index contributed by atoms with van der Waals surface area (Å²) in [5.74, 6) is -0.159. The van der Waals surface area contributed by atoms with E-state index in [9.17, 15) is 4.79 Å². The molecular weight excluding hydrogens is 340 g/mol. The number of carbonyl (C=O) groups excluding carboxylic acids is 1. The van der Waals surface area contributed by atoms with Gasteiger partial charge in [-0.05, 0) is 35.5 Å². The van der Waals surface area contributed by atoms with Crippen LogP contribution in [0.1, 0.15) is 10.6 Å². The molecule has 4 aromatic rings. The number of anilines is 1. The van der Waals surface area contributed by atoms with Crippen molar-refractivity contribution in [2.45, 2.75) is 0 Å². The number of amides is 1. The lowest BCUT2D eigenvalue weighted by Crippen LogP contribution is -2.15. The Morgan fingerprint density at radius 3 is 2.68 bits per heavy atom. The van der Waals surface area contributed by atoms with Crippen LogP contribution in [0.3, 0.4) is 0 Å². The summed E-state index contributed by atoms with van der Waals surface area (Å²) < 4.78 is 0. The van der Waals surface area contributed by atoms with Crippen molar-refractivity contribution in [2.75, 3.05) is 5.32 Å². The lowest BCUT2D eigenvalue weighted by molar-refractivity contribution is 0.101. The highest BCUT2D eigenvalue weighted by Crippen LogP contribution is 2.18. The summed E-state index contributed by atoms with van der Waals surface area (Å²) in [5, 5.41) is 15.8. The Labute approximate surface area is 147 Å². The van der Waals surface area contributed by atoms with E-state index in [0.29, 0.717) is 16.5 Å². The number of aromatic nitrogens is 5. The average Bonchev–Trinajstić information content (AvgIpc) is 3.12. The van der Waals surface area contributed by atoms with Crippen LogP contribution in [0.5, 0.6) is 0 Å². The zero-order valence-electron chi connectivity index (χ0n) is 12.8. The maximum atomic E-state index is 12.3. The van der Waals surface area contributed by atoms with Gasteiger partial charge in [0.2, 0.25) is 0 Å². The van der Waals surface area contributed by atoms with Gasteiger partial charge in [-0.15, -0.1) is 15.0 Å². The van der Waals surface area contributed by atoms with Crippen LogP contribution in [0.25, 0.3) is 16.6 Å². The molecule has 0 unspecified atom stereocenters. The van der Waals surface area contributed by atoms with E-state index in [1.165, 1.54) is 4.80 Å². The third-order valence-electron chi connectivity index (χ3n) is 3.52. The SMILES string of the molecule is O=C(Nc1ccc2ccccc2n1)c1nnn(-c2ccccc2Cl)n1. The van der Waals surface area contributed by atoms with Crippen molar-refractivity contribution < 1.29 is 4.79 Å². The molecule has 2 aromatic carbocycles. The summed E-state index contributed by atoms with van der Waals surface area (Å²) in [6.07, 6.45) is 0. The van der Waals surface area contributed by atoms with Crippen LogP contribution in [0.4, 0.5) is 5.82 Å². The molecule has 2 aromatic heterocycles. The fraction of sp³-hybridized carbons (Fsp3) is 0. The third-order valence-corrected chi connectivity index (χ3v) is 3.84. The second-order valence-corrected chi connectivity index (χ2v) is 5.60. The number of rotatable bonds is 3. The van der Waals surface area contributed by atoms with Crippen LogP contribution in [0.15, 0.2) is 60.7 Å². The number of para-hydroxylation sites is 2. The number of fused-ring (bicyclic) bond motifs is 1. The van der Waals surface area contributed by atoms with E-state index in [2.05, 4.69) is 25.7 Å². The third kappa shape index (κ3) is 3.05. The fourth-order valence-electron chi connectivity index (χ4n) is 2.33. The Kier molecular flexibility index (Phi) is 3.83. The minimum absolute atomic E-state index is 0.0742. The number of nitrogens with zero attached hydrogens (tertiary/aromatic N) is 5. The fourth-order valence-corrected chi connectivity index (χ4v) is 2.54. The molecule has 0 aliphatic heterocycles. The van der Waals surface area contributed by atoms with E-state index >= 15 is 0 Å². The lowest BCUT2D eigenvalue weighted by atomic mass is 10.2. The molecule has 0 saturated carbocycles. The first-order valence-corrected chi connectivity index (χ1v) is 7.80. The monoisotopic (exact) mass is 350 g/mol. The predicted octanol–water partition coefficient (Wildman–Crippen LogP) is 3.12. The van der Waals surface area contributed by atoms with Crippen molar-refractivity contribution in [1.82, 2.24) is 25.2 Å². The molecule has 25 heavy (non-hydrogen) atoms. The van der Waals surface area contributed by atoms with E-state index in [-0.39, 0.29) is 5.82 Å². The standard InChI is InChI=1S/C17H11ClN6O/c18-12-6-2-4-8-14(12)24-22-16(21-23-24)17(25)20-15-10-9-11-5-1-3-7-13(11)19-15/h1-10H,(H,19,20,25). The van der Waals surface area contributed by atoms with Crippen LogP contribution in [-0.4, -0.2) is 31.1 Å². The molecule has 4 rings (SSSR count). The molecule has 0 radical (unpaired) electrons. The Balaban J connectivity index is 1.58. The van der Waals surface area contributed by atoms with Gasteiger partial charge in [0.15, 0.2) is 0 Å². The Morgan fingerprint density at radius 2 is 1.80 bits per heavy atom. The van der Waals surface area contributed by atoms with Gasteiger partial charge in [-0.1, -0.05) is 41.9 Å². The maximum Gasteiger partial charge on any atom is 0.298 e. The van der Waals surface area contributed by atoms with Crippen molar-refractivity contribution in [2.24, 2.45) is 0 Å². The molecule has 1 amide bonds. The largest absolute Gasteiger partial charge is 0.304 e. The highest BCUT2D eigenvalue weighted by atomic mass is 35.5. The first-order chi connectivity index (χ1) is 12.2. The van der Waals surface area contributed by atoms with E-state index in [1.54, 1.807) is 30.3 Å². The number of pyridine rings is 1. The molecule has 0 aliphatic rings. The van der Waals surface area contributed by atoms with Gasteiger partial charge in [-0.25, -0.2) is 4.98 Å². The molecule has 0 fully saturated rings. The molecule has 2 heterocycles. The normalized spacial score (nSPS) is 10.8.